The van der Waals surface area contributed by atoms with E-state index < -0.39 is 0 Å². The molecule has 2 atom stereocenters. The molecule has 0 heterocycles. The molecule has 0 aromatic rings. The Labute approximate surface area is 101 Å². The van der Waals surface area contributed by atoms with Gasteiger partial charge in [0, 0.05) is 13.7 Å². The van der Waals surface area contributed by atoms with Crippen LogP contribution in [0.15, 0.2) is 0 Å². The van der Waals surface area contributed by atoms with E-state index in [4.69, 9.17) is 9.47 Å². The lowest BCUT2D eigenvalue weighted by Crippen LogP contribution is -2.50. The highest BCUT2D eigenvalue weighted by molar-refractivity contribution is 4.85. The van der Waals surface area contributed by atoms with Crippen molar-refractivity contribution in [3.05, 3.63) is 0 Å². The molecule has 0 saturated heterocycles. The lowest BCUT2D eigenvalue weighted by Gasteiger charge is -2.36. The zero-order chi connectivity index (χ0) is 12.6. The van der Waals surface area contributed by atoms with Crippen molar-refractivity contribution >= 4 is 0 Å². The first kappa shape index (κ1) is 15.9. The van der Waals surface area contributed by atoms with Gasteiger partial charge in [-0.25, -0.2) is 0 Å². The van der Waals surface area contributed by atoms with E-state index in [1.165, 1.54) is 0 Å². The van der Waals surface area contributed by atoms with Crippen molar-refractivity contribution in [3.63, 3.8) is 0 Å². The first-order valence-corrected chi connectivity index (χ1v) is 6.31. The summed E-state index contributed by atoms with van der Waals surface area (Å²) in [6, 6.07) is 0.265. The highest BCUT2D eigenvalue weighted by Gasteiger charge is 2.31. The Morgan fingerprint density at radius 3 is 2.19 bits per heavy atom. The van der Waals surface area contributed by atoms with Crippen molar-refractivity contribution in [2.45, 2.75) is 53.2 Å². The van der Waals surface area contributed by atoms with E-state index in [-0.39, 0.29) is 17.6 Å². The van der Waals surface area contributed by atoms with Gasteiger partial charge >= 0.3 is 0 Å². The molecule has 0 aromatic carbocycles. The average molecular weight is 231 g/mol. The normalized spacial score (nSPS) is 16.1. The summed E-state index contributed by atoms with van der Waals surface area (Å²) in [7, 11) is 1.78. The Bertz CT molecular complexity index is 166. The Morgan fingerprint density at radius 2 is 1.81 bits per heavy atom. The molecule has 16 heavy (non-hydrogen) atoms. The monoisotopic (exact) mass is 231 g/mol. The summed E-state index contributed by atoms with van der Waals surface area (Å²) in [6.45, 7) is 13.3. The van der Waals surface area contributed by atoms with Crippen molar-refractivity contribution in [1.29, 1.82) is 0 Å². The smallest absolute Gasteiger partial charge is 0.0794 e. The zero-order valence-electron chi connectivity index (χ0n) is 11.8. The van der Waals surface area contributed by atoms with Crippen LogP contribution in [0.5, 0.6) is 0 Å². The van der Waals surface area contributed by atoms with Gasteiger partial charge in [-0.1, -0.05) is 34.6 Å². The first-order chi connectivity index (χ1) is 7.47. The van der Waals surface area contributed by atoms with Gasteiger partial charge in [-0.15, -0.1) is 0 Å². The molecule has 0 aromatic heterocycles. The van der Waals surface area contributed by atoms with E-state index in [1.807, 2.05) is 0 Å². The minimum atomic E-state index is 0.122. The lowest BCUT2D eigenvalue weighted by atomic mass is 9.84. The van der Waals surface area contributed by atoms with Crippen LogP contribution in [0.4, 0.5) is 0 Å². The molecule has 1 N–H and O–H groups in total. The maximum absolute atomic E-state index is 5.63. The summed E-state index contributed by atoms with van der Waals surface area (Å²) >= 11 is 0. The number of methoxy groups -OCH3 is 1. The van der Waals surface area contributed by atoms with Gasteiger partial charge in [0.05, 0.1) is 18.8 Å². The summed E-state index contributed by atoms with van der Waals surface area (Å²) in [6.07, 6.45) is 1.23. The zero-order valence-corrected chi connectivity index (χ0v) is 11.8. The fourth-order valence-electron chi connectivity index (χ4n) is 1.99. The van der Waals surface area contributed by atoms with Crippen LogP contribution in [0.3, 0.4) is 0 Å². The molecule has 0 rings (SSSR count). The van der Waals surface area contributed by atoms with Gasteiger partial charge in [0.25, 0.3) is 0 Å². The van der Waals surface area contributed by atoms with Crippen LogP contribution in [0.1, 0.15) is 41.0 Å². The molecule has 0 radical (unpaired) electrons. The lowest BCUT2D eigenvalue weighted by molar-refractivity contribution is -0.0359. The van der Waals surface area contributed by atoms with Crippen molar-refractivity contribution in [3.8, 4) is 0 Å². The van der Waals surface area contributed by atoms with E-state index in [2.05, 4.69) is 39.9 Å². The van der Waals surface area contributed by atoms with E-state index in [9.17, 15) is 0 Å². The molecule has 2 unspecified atom stereocenters. The molecule has 98 valence electrons. The Kier molecular flexibility index (Phi) is 7.98. The third-order valence-corrected chi connectivity index (χ3v) is 2.59. The minimum absolute atomic E-state index is 0.122. The van der Waals surface area contributed by atoms with Gasteiger partial charge < -0.3 is 14.8 Å². The van der Waals surface area contributed by atoms with Crippen molar-refractivity contribution < 1.29 is 9.47 Å². The number of hydrogen-bond acceptors (Lipinski definition) is 3. The molecule has 0 aliphatic rings. The van der Waals surface area contributed by atoms with Crippen molar-refractivity contribution in [2.24, 2.45) is 5.41 Å². The Balaban J connectivity index is 4.34. The van der Waals surface area contributed by atoms with E-state index in [0.717, 1.165) is 26.2 Å². The standard InChI is InChI=1S/C13H29NO2/c1-7-9-16-10-11(14-8-2)12(15-6)13(3,4)5/h11-12,14H,7-10H2,1-6H3. The quantitative estimate of drug-likeness (QED) is 0.651. The number of likely N-dealkylation sites (N-methyl/N-ethyl adjacent to an activating group) is 1. The number of ether oxygens (including phenoxy) is 2. The second-order valence-electron chi connectivity index (χ2n) is 5.26. The van der Waals surface area contributed by atoms with Gasteiger partial charge in [0.1, 0.15) is 0 Å². The van der Waals surface area contributed by atoms with Gasteiger partial charge in [0.15, 0.2) is 0 Å². The van der Waals surface area contributed by atoms with E-state index in [0.29, 0.717) is 0 Å². The maximum atomic E-state index is 5.63. The molecule has 3 heteroatoms. The second kappa shape index (κ2) is 8.04. The number of rotatable bonds is 8. The molecule has 0 aliphatic carbocycles. The Hall–Kier alpha value is -0.120. The summed E-state index contributed by atoms with van der Waals surface area (Å²) in [5.41, 5.74) is 0.122. The molecule has 0 aliphatic heterocycles. The van der Waals surface area contributed by atoms with Gasteiger partial charge in [-0.3, -0.25) is 0 Å². The summed E-state index contributed by atoms with van der Waals surface area (Å²) in [4.78, 5) is 0. The van der Waals surface area contributed by atoms with Crippen LogP contribution in [-0.4, -0.2) is 39.0 Å². The third-order valence-electron chi connectivity index (χ3n) is 2.59. The first-order valence-electron chi connectivity index (χ1n) is 6.31. The molecule has 0 spiro atoms. The van der Waals surface area contributed by atoms with Crippen LogP contribution in [0, 0.1) is 5.41 Å². The fourth-order valence-corrected chi connectivity index (χ4v) is 1.99. The Morgan fingerprint density at radius 1 is 1.19 bits per heavy atom. The van der Waals surface area contributed by atoms with Crippen LogP contribution < -0.4 is 5.32 Å². The van der Waals surface area contributed by atoms with Crippen molar-refractivity contribution in [1.82, 2.24) is 5.32 Å². The number of hydrogen-bond donors (Lipinski definition) is 1. The second-order valence-corrected chi connectivity index (χ2v) is 5.26. The van der Waals surface area contributed by atoms with Gasteiger partial charge in [-0.2, -0.15) is 0 Å². The SMILES string of the molecule is CCCOCC(NCC)C(OC)C(C)(C)C. The third kappa shape index (κ3) is 5.83. The summed E-state index contributed by atoms with van der Waals surface area (Å²) in [5.74, 6) is 0. The van der Waals surface area contributed by atoms with Crippen LogP contribution in [0.2, 0.25) is 0 Å². The topological polar surface area (TPSA) is 30.5 Å². The van der Waals surface area contributed by atoms with Crippen LogP contribution >= 0.6 is 0 Å². The molecular formula is C13H29NO2. The fraction of sp³-hybridized carbons (Fsp3) is 1.00. The highest BCUT2D eigenvalue weighted by Crippen LogP contribution is 2.24. The maximum Gasteiger partial charge on any atom is 0.0794 e. The van der Waals surface area contributed by atoms with Crippen LogP contribution in [-0.2, 0) is 9.47 Å². The molecular weight excluding hydrogens is 202 g/mol. The van der Waals surface area contributed by atoms with E-state index >= 15 is 0 Å². The number of nitrogens with one attached hydrogen (secondary N) is 1. The summed E-state index contributed by atoms with van der Waals surface area (Å²) < 4.78 is 11.3. The largest absolute Gasteiger partial charge is 0.380 e. The average Bonchev–Trinajstić information content (AvgIpc) is 2.17. The molecule has 0 bridgehead atoms. The molecule has 0 saturated carbocycles. The predicted molar refractivity (Wildman–Crippen MR) is 68.8 cm³/mol. The summed E-state index contributed by atoms with van der Waals surface area (Å²) in [5, 5.41) is 3.45. The van der Waals surface area contributed by atoms with Crippen molar-refractivity contribution in [2.75, 3.05) is 26.9 Å². The van der Waals surface area contributed by atoms with Crippen LogP contribution in [0.25, 0.3) is 0 Å². The molecule has 3 nitrogen and oxygen atoms in total. The van der Waals surface area contributed by atoms with Gasteiger partial charge in [0.2, 0.25) is 0 Å². The highest BCUT2D eigenvalue weighted by atomic mass is 16.5. The minimum Gasteiger partial charge on any atom is -0.380 e. The molecule has 0 amide bonds. The van der Waals surface area contributed by atoms with Gasteiger partial charge in [-0.05, 0) is 18.4 Å². The predicted octanol–water partition coefficient (Wildman–Crippen LogP) is 2.45. The molecule has 0 fully saturated rings. The van der Waals surface area contributed by atoms with E-state index in [1.54, 1.807) is 7.11 Å².